The summed E-state index contributed by atoms with van der Waals surface area (Å²) in [5.41, 5.74) is 1.88. The quantitative estimate of drug-likeness (QED) is 0.298. The van der Waals surface area contributed by atoms with E-state index in [0.717, 1.165) is 94.1 Å². The number of carbonyl (C=O) groups excluding carboxylic acids is 1. The summed E-state index contributed by atoms with van der Waals surface area (Å²) >= 11 is 0. The van der Waals surface area contributed by atoms with Crippen LogP contribution in [0.3, 0.4) is 0 Å². The third-order valence-corrected chi connectivity index (χ3v) is 8.57. The number of ether oxygens (including phenoxy) is 4. The van der Waals surface area contributed by atoms with Gasteiger partial charge in [0.15, 0.2) is 17.8 Å². The Morgan fingerprint density at radius 2 is 1.93 bits per heavy atom. The van der Waals surface area contributed by atoms with Crippen LogP contribution in [0, 0.1) is 11.8 Å². The summed E-state index contributed by atoms with van der Waals surface area (Å²) in [6.07, 6.45) is 9.52. The van der Waals surface area contributed by atoms with E-state index in [2.05, 4.69) is 35.6 Å². The predicted molar refractivity (Wildman–Crippen MR) is 163 cm³/mol. The highest BCUT2D eigenvalue weighted by atomic mass is 16.7. The number of aliphatic hydroxyl groups excluding tert-OH is 1. The van der Waals surface area contributed by atoms with Crippen LogP contribution in [-0.4, -0.2) is 93.8 Å². The fraction of sp³-hybridized carbons (Fsp3) is 0.688. The molecule has 0 bridgehead atoms. The largest absolute Gasteiger partial charge is 0.497 e. The van der Waals surface area contributed by atoms with Gasteiger partial charge >= 0.3 is 0 Å². The smallest absolute Gasteiger partial charge is 0.168 e. The van der Waals surface area contributed by atoms with Crippen LogP contribution in [0.2, 0.25) is 0 Å². The molecular weight excluding hydrogens is 522 g/mol. The zero-order valence-electron chi connectivity index (χ0n) is 25.8. The number of benzene rings is 1. The van der Waals surface area contributed by atoms with Crippen LogP contribution in [0.5, 0.6) is 11.5 Å². The van der Waals surface area contributed by atoms with E-state index < -0.39 is 5.79 Å². The fourth-order valence-electron chi connectivity index (χ4n) is 6.21. The van der Waals surface area contributed by atoms with E-state index in [1.807, 2.05) is 18.2 Å². The highest BCUT2D eigenvalue weighted by Gasteiger charge is 2.39. The van der Waals surface area contributed by atoms with Crippen molar-refractivity contribution in [2.75, 3.05) is 71.7 Å². The number of methoxy groups -OCH3 is 1. The highest BCUT2D eigenvalue weighted by Crippen LogP contribution is 2.38. The first-order chi connectivity index (χ1) is 20.0. The maximum atomic E-state index is 11.1. The van der Waals surface area contributed by atoms with E-state index >= 15 is 0 Å². The summed E-state index contributed by atoms with van der Waals surface area (Å²) in [5.74, 6) is 2.16. The Morgan fingerprint density at radius 1 is 1.20 bits per heavy atom. The lowest BCUT2D eigenvalue weighted by Crippen LogP contribution is -2.40. The van der Waals surface area contributed by atoms with Gasteiger partial charge in [0.2, 0.25) is 0 Å². The third kappa shape index (κ3) is 8.77. The molecule has 9 heteroatoms. The van der Waals surface area contributed by atoms with Crippen molar-refractivity contribution in [1.29, 1.82) is 0 Å². The van der Waals surface area contributed by atoms with Crippen LogP contribution in [-0.2, 0) is 14.3 Å². The van der Waals surface area contributed by atoms with E-state index in [9.17, 15) is 4.79 Å². The zero-order chi connectivity index (χ0) is 29.7. The predicted octanol–water partition coefficient (Wildman–Crippen LogP) is 4.93. The molecule has 9 nitrogen and oxygen atoms in total. The summed E-state index contributed by atoms with van der Waals surface area (Å²) in [5, 5.41) is 7.99. The van der Waals surface area contributed by atoms with Gasteiger partial charge in [-0.3, -0.25) is 9.78 Å². The zero-order valence-corrected chi connectivity index (χ0v) is 25.8. The normalized spacial score (nSPS) is 18.0. The number of anilines is 1. The van der Waals surface area contributed by atoms with Gasteiger partial charge in [-0.25, -0.2) is 0 Å². The van der Waals surface area contributed by atoms with Gasteiger partial charge < -0.3 is 33.9 Å². The maximum Gasteiger partial charge on any atom is 0.168 e. The second-order valence-electron chi connectivity index (χ2n) is 11.0. The summed E-state index contributed by atoms with van der Waals surface area (Å²) in [4.78, 5) is 20.6. The molecule has 0 amide bonds. The van der Waals surface area contributed by atoms with Crippen LogP contribution in [0.1, 0.15) is 59.3 Å². The molecule has 2 fully saturated rings. The Kier molecular flexibility index (Phi) is 13.6. The molecule has 1 unspecified atom stereocenters. The van der Waals surface area contributed by atoms with Crippen molar-refractivity contribution in [3.63, 3.8) is 0 Å². The van der Waals surface area contributed by atoms with Gasteiger partial charge in [0, 0.05) is 31.5 Å². The average Bonchev–Trinajstić information content (AvgIpc) is 3.47. The van der Waals surface area contributed by atoms with Crippen LogP contribution in [0.25, 0.3) is 10.9 Å². The molecule has 0 radical (unpaired) electrons. The number of carbonyl (C=O) groups is 1. The van der Waals surface area contributed by atoms with Gasteiger partial charge in [0.25, 0.3) is 0 Å². The Labute approximate surface area is 246 Å². The first-order valence-electron chi connectivity index (χ1n) is 15.2. The Balaban J connectivity index is 0.00000226. The molecule has 2 saturated heterocycles. The summed E-state index contributed by atoms with van der Waals surface area (Å²) in [7, 11) is 2.67. The first kappa shape index (κ1) is 33.0. The van der Waals surface area contributed by atoms with E-state index in [1.54, 1.807) is 13.3 Å². The molecule has 0 aliphatic carbocycles. The molecule has 3 heterocycles. The van der Waals surface area contributed by atoms with E-state index in [4.69, 9.17) is 24.1 Å². The topological polar surface area (TPSA) is 93.6 Å². The second kappa shape index (κ2) is 16.9. The van der Waals surface area contributed by atoms with Gasteiger partial charge in [-0.2, -0.15) is 0 Å². The number of aromatic nitrogens is 1. The van der Waals surface area contributed by atoms with Gasteiger partial charge in [0.05, 0.1) is 37.7 Å². The minimum atomic E-state index is -0.409. The molecule has 0 spiro atoms. The summed E-state index contributed by atoms with van der Waals surface area (Å²) in [6, 6.07) is 5.91. The van der Waals surface area contributed by atoms with Crippen LogP contribution in [0.4, 0.5) is 5.69 Å². The number of aliphatic hydroxyl groups is 1. The molecule has 2 aliphatic heterocycles. The number of hydrogen-bond donors (Lipinski definition) is 1. The first-order valence-corrected chi connectivity index (χ1v) is 15.2. The van der Waals surface area contributed by atoms with Gasteiger partial charge in [-0.1, -0.05) is 13.3 Å². The van der Waals surface area contributed by atoms with Crippen molar-refractivity contribution in [2.45, 2.75) is 65.1 Å². The van der Waals surface area contributed by atoms with Gasteiger partial charge in [-0.15, -0.1) is 0 Å². The molecule has 1 aromatic heterocycles. The number of aldehydes is 1. The SMILES string of the molecule is CCCC(CCN1CCC(CCN(CC)c2c(OCC=O)cnc3ccc(OC)cc23)CC1)C1(C)OCCO1.CO. The van der Waals surface area contributed by atoms with Crippen molar-refractivity contribution < 1.29 is 28.8 Å². The average molecular weight is 574 g/mol. The molecule has 230 valence electrons. The summed E-state index contributed by atoms with van der Waals surface area (Å²) in [6.45, 7) is 13.2. The lowest BCUT2D eigenvalue weighted by atomic mass is 9.89. The van der Waals surface area contributed by atoms with E-state index in [-0.39, 0.29) is 6.61 Å². The van der Waals surface area contributed by atoms with Gasteiger partial charge in [0.1, 0.15) is 12.4 Å². The molecule has 4 rings (SSSR count). The minimum absolute atomic E-state index is 0.0106. The van der Waals surface area contributed by atoms with Crippen molar-refractivity contribution in [3.8, 4) is 11.5 Å². The number of likely N-dealkylation sites (tertiary alicyclic amines) is 1. The minimum Gasteiger partial charge on any atom is -0.497 e. The Morgan fingerprint density at radius 3 is 2.56 bits per heavy atom. The summed E-state index contributed by atoms with van der Waals surface area (Å²) < 4.78 is 23.3. The number of rotatable bonds is 15. The Bertz CT molecular complexity index is 1050. The highest BCUT2D eigenvalue weighted by molar-refractivity contribution is 5.95. The van der Waals surface area contributed by atoms with Crippen LogP contribution < -0.4 is 14.4 Å². The number of hydrogen-bond acceptors (Lipinski definition) is 9. The van der Waals surface area contributed by atoms with E-state index in [0.29, 0.717) is 30.8 Å². The van der Waals surface area contributed by atoms with Crippen molar-refractivity contribution in [3.05, 3.63) is 24.4 Å². The maximum absolute atomic E-state index is 11.1. The third-order valence-electron chi connectivity index (χ3n) is 8.57. The van der Waals surface area contributed by atoms with Crippen molar-refractivity contribution >= 4 is 22.9 Å². The molecular formula is C32H51N3O6. The van der Waals surface area contributed by atoms with Crippen LogP contribution in [0.15, 0.2) is 24.4 Å². The second-order valence-corrected chi connectivity index (χ2v) is 11.0. The number of fused-ring (bicyclic) bond motifs is 1. The van der Waals surface area contributed by atoms with Crippen molar-refractivity contribution in [1.82, 2.24) is 9.88 Å². The molecule has 41 heavy (non-hydrogen) atoms. The van der Waals surface area contributed by atoms with Gasteiger partial charge in [-0.05, 0) is 89.7 Å². The molecule has 2 aromatic rings. The molecule has 1 N–H and O–H groups in total. The standard InChI is InChI=1S/C31H47N3O5.CH4O/c1-5-7-25(31(3)38-20-21-39-31)13-16-33-14-10-24(11-15-33)12-17-34(6-2)30-27-22-26(36-4)8-9-28(27)32-23-29(30)37-19-18-35;1-2/h8-9,18,22-25H,5-7,10-17,19-21H2,1-4H3;2H,1H3. The van der Waals surface area contributed by atoms with Crippen molar-refractivity contribution in [2.24, 2.45) is 11.8 Å². The number of piperidine rings is 1. The lowest BCUT2D eigenvalue weighted by Gasteiger charge is -2.37. The van der Waals surface area contributed by atoms with Crippen LogP contribution >= 0.6 is 0 Å². The Hall–Kier alpha value is -2.46. The molecule has 1 atom stereocenters. The van der Waals surface area contributed by atoms with E-state index in [1.165, 1.54) is 12.8 Å². The molecule has 1 aromatic carbocycles. The monoisotopic (exact) mass is 573 g/mol. The number of pyridine rings is 1. The molecule has 2 aliphatic rings. The number of nitrogens with zero attached hydrogens (tertiary/aromatic N) is 3. The lowest BCUT2D eigenvalue weighted by molar-refractivity contribution is -0.185. The fourth-order valence-corrected chi connectivity index (χ4v) is 6.21. The molecule has 0 saturated carbocycles.